The average molecular weight is 118 g/mol. The van der Waals surface area contributed by atoms with E-state index in [1.807, 2.05) is 11.9 Å². The van der Waals surface area contributed by atoms with Gasteiger partial charge in [-0.05, 0) is 7.05 Å². The van der Waals surface area contributed by atoms with Gasteiger partial charge >= 0.3 is 0 Å². The van der Waals surface area contributed by atoms with Crippen molar-refractivity contribution in [1.82, 2.24) is 4.90 Å². The molecule has 2 N–H and O–H groups in total. The Morgan fingerprint density at radius 1 is 1.62 bits per heavy atom. The Kier molecular flexibility index (Phi) is 1.49. The summed E-state index contributed by atoms with van der Waals surface area (Å²) >= 11 is 0. The standard InChI is InChI=1S/C5H11FN2/c1-8-2-4(6)5(7)3-8/h4-5H,2-3,7H2,1H3/t4-,5-/m1/s1. The molecule has 1 aliphatic heterocycles. The number of nitrogens with two attached hydrogens (primary N) is 1. The highest BCUT2D eigenvalue weighted by atomic mass is 19.1. The van der Waals surface area contributed by atoms with Gasteiger partial charge in [0.25, 0.3) is 0 Å². The lowest BCUT2D eigenvalue weighted by atomic mass is 10.3. The third-order valence-electron chi connectivity index (χ3n) is 1.47. The number of hydrogen-bond donors (Lipinski definition) is 1. The van der Waals surface area contributed by atoms with Crippen LogP contribution in [0.3, 0.4) is 0 Å². The lowest BCUT2D eigenvalue weighted by Gasteiger charge is -2.02. The first-order valence-electron chi connectivity index (χ1n) is 2.78. The Balaban J connectivity index is 2.39. The van der Waals surface area contributed by atoms with Gasteiger partial charge in [0.1, 0.15) is 6.17 Å². The van der Waals surface area contributed by atoms with Gasteiger partial charge in [0.15, 0.2) is 0 Å². The van der Waals surface area contributed by atoms with E-state index < -0.39 is 6.17 Å². The van der Waals surface area contributed by atoms with Gasteiger partial charge in [-0.2, -0.15) is 0 Å². The molecule has 0 amide bonds. The zero-order valence-electron chi connectivity index (χ0n) is 4.97. The Morgan fingerprint density at radius 3 is 2.38 bits per heavy atom. The van der Waals surface area contributed by atoms with Crippen molar-refractivity contribution in [3.05, 3.63) is 0 Å². The summed E-state index contributed by atoms with van der Waals surface area (Å²) in [5.74, 6) is 0. The summed E-state index contributed by atoms with van der Waals surface area (Å²) in [5.41, 5.74) is 5.35. The molecule has 1 aliphatic rings. The van der Waals surface area contributed by atoms with E-state index in [1.54, 1.807) is 0 Å². The third-order valence-corrected chi connectivity index (χ3v) is 1.47. The lowest BCUT2D eigenvalue weighted by molar-refractivity contribution is 0.309. The number of likely N-dealkylation sites (N-methyl/N-ethyl adjacent to an activating group) is 1. The van der Waals surface area contributed by atoms with Crippen LogP contribution in [0.15, 0.2) is 0 Å². The van der Waals surface area contributed by atoms with Crippen molar-refractivity contribution in [2.45, 2.75) is 12.2 Å². The average Bonchev–Trinajstić information content (AvgIpc) is 1.85. The second kappa shape index (κ2) is 1.99. The largest absolute Gasteiger partial charge is 0.324 e. The molecule has 0 aromatic carbocycles. The number of halogens is 1. The molecule has 2 atom stereocenters. The van der Waals surface area contributed by atoms with E-state index in [1.165, 1.54) is 0 Å². The van der Waals surface area contributed by atoms with Crippen molar-refractivity contribution in [1.29, 1.82) is 0 Å². The van der Waals surface area contributed by atoms with Crippen LogP contribution in [0.25, 0.3) is 0 Å². The minimum absolute atomic E-state index is 0.250. The highest BCUT2D eigenvalue weighted by Gasteiger charge is 2.26. The van der Waals surface area contributed by atoms with Crippen LogP contribution in [-0.4, -0.2) is 37.3 Å². The smallest absolute Gasteiger partial charge is 0.129 e. The molecule has 0 bridgehead atoms. The number of hydrogen-bond acceptors (Lipinski definition) is 2. The van der Waals surface area contributed by atoms with Crippen LogP contribution < -0.4 is 5.73 Å². The van der Waals surface area contributed by atoms with Gasteiger partial charge < -0.3 is 10.6 Å². The van der Waals surface area contributed by atoms with E-state index in [0.29, 0.717) is 13.1 Å². The number of nitrogens with zero attached hydrogens (tertiary/aromatic N) is 1. The molecule has 0 radical (unpaired) electrons. The van der Waals surface area contributed by atoms with Crippen molar-refractivity contribution in [3.63, 3.8) is 0 Å². The monoisotopic (exact) mass is 118 g/mol. The molecule has 0 aliphatic carbocycles. The molecule has 48 valence electrons. The normalized spacial score (nSPS) is 40.9. The molecule has 1 heterocycles. The predicted molar refractivity (Wildman–Crippen MR) is 30.4 cm³/mol. The Labute approximate surface area is 48.5 Å². The minimum atomic E-state index is -0.806. The maximum absolute atomic E-state index is 12.4. The minimum Gasteiger partial charge on any atom is -0.324 e. The van der Waals surface area contributed by atoms with E-state index in [-0.39, 0.29) is 6.04 Å². The molecule has 2 nitrogen and oxygen atoms in total. The number of alkyl halides is 1. The summed E-state index contributed by atoms with van der Waals surface area (Å²) in [6.07, 6.45) is -0.806. The van der Waals surface area contributed by atoms with Crippen LogP contribution in [0.2, 0.25) is 0 Å². The quantitative estimate of drug-likeness (QED) is 0.469. The summed E-state index contributed by atoms with van der Waals surface area (Å²) in [5, 5.41) is 0. The van der Waals surface area contributed by atoms with E-state index in [0.717, 1.165) is 0 Å². The molecule has 0 spiro atoms. The molecule has 0 saturated carbocycles. The van der Waals surface area contributed by atoms with Crippen LogP contribution in [0.4, 0.5) is 4.39 Å². The zero-order valence-corrected chi connectivity index (χ0v) is 4.97. The molecule has 1 fully saturated rings. The number of likely N-dealkylation sites (tertiary alicyclic amines) is 1. The molecule has 8 heavy (non-hydrogen) atoms. The Hall–Kier alpha value is -0.150. The zero-order chi connectivity index (χ0) is 6.15. The van der Waals surface area contributed by atoms with Gasteiger partial charge in [-0.25, -0.2) is 4.39 Å². The first kappa shape index (κ1) is 5.98. The van der Waals surface area contributed by atoms with Crippen molar-refractivity contribution in [3.8, 4) is 0 Å². The van der Waals surface area contributed by atoms with Crippen LogP contribution in [0.5, 0.6) is 0 Å². The molecular weight excluding hydrogens is 107 g/mol. The van der Waals surface area contributed by atoms with Crippen LogP contribution in [-0.2, 0) is 0 Å². The maximum Gasteiger partial charge on any atom is 0.129 e. The third kappa shape index (κ3) is 0.980. The maximum atomic E-state index is 12.4. The molecule has 0 aromatic rings. The first-order valence-corrected chi connectivity index (χ1v) is 2.78. The second-order valence-corrected chi connectivity index (χ2v) is 2.40. The van der Waals surface area contributed by atoms with Gasteiger partial charge in [-0.3, -0.25) is 0 Å². The molecule has 1 rings (SSSR count). The molecule has 0 unspecified atom stereocenters. The van der Waals surface area contributed by atoms with Crippen molar-refractivity contribution < 1.29 is 4.39 Å². The summed E-state index contributed by atoms with van der Waals surface area (Å²) in [6.45, 7) is 1.20. The lowest BCUT2D eigenvalue weighted by Crippen LogP contribution is -2.29. The van der Waals surface area contributed by atoms with Crippen LogP contribution in [0, 0.1) is 0 Å². The van der Waals surface area contributed by atoms with Gasteiger partial charge in [0.05, 0.1) is 0 Å². The van der Waals surface area contributed by atoms with Crippen LogP contribution >= 0.6 is 0 Å². The second-order valence-electron chi connectivity index (χ2n) is 2.40. The van der Waals surface area contributed by atoms with Gasteiger partial charge in [0, 0.05) is 19.1 Å². The summed E-state index contributed by atoms with van der Waals surface area (Å²) in [7, 11) is 1.87. The molecular formula is C5H11FN2. The van der Waals surface area contributed by atoms with Crippen molar-refractivity contribution in [2.75, 3.05) is 20.1 Å². The van der Waals surface area contributed by atoms with Crippen molar-refractivity contribution in [2.24, 2.45) is 5.73 Å². The highest BCUT2D eigenvalue weighted by molar-refractivity contribution is 4.84. The number of rotatable bonds is 0. The van der Waals surface area contributed by atoms with Crippen molar-refractivity contribution >= 4 is 0 Å². The Bertz CT molecular complexity index is 76.5. The van der Waals surface area contributed by atoms with E-state index in [9.17, 15) is 4.39 Å². The molecule has 1 saturated heterocycles. The van der Waals surface area contributed by atoms with Crippen LogP contribution in [0.1, 0.15) is 0 Å². The molecule has 0 aromatic heterocycles. The van der Waals surface area contributed by atoms with E-state index in [2.05, 4.69) is 0 Å². The molecule has 3 heteroatoms. The van der Waals surface area contributed by atoms with Gasteiger partial charge in [0.2, 0.25) is 0 Å². The summed E-state index contributed by atoms with van der Waals surface area (Å²) in [6, 6.07) is -0.250. The highest BCUT2D eigenvalue weighted by Crippen LogP contribution is 2.07. The van der Waals surface area contributed by atoms with Gasteiger partial charge in [-0.1, -0.05) is 0 Å². The summed E-state index contributed by atoms with van der Waals surface area (Å²) in [4.78, 5) is 1.90. The fourth-order valence-corrected chi connectivity index (χ4v) is 0.982. The van der Waals surface area contributed by atoms with E-state index in [4.69, 9.17) is 5.73 Å². The van der Waals surface area contributed by atoms with Gasteiger partial charge in [-0.15, -0.1) is 0 Å². The van der Waals surface area contributed by atoms with E-state index >= 15 is 0 Å². The Morgan fingerprint density at radius 2 is 2.25 bits per heavy atom. The first-order chi connectivity index (χ1) is 3.70. The fourth-order valence-electron chi connectivity index (χ4n) is 0.982. The fraction of sp³-hybridized carbons (Fsp3) is 1.00. The predicted octanol–water partition coefficient (Wildman–Crippen LogP) is -0.403. The topological polar surface area (TPSA) is 29.3 Å². The summed E-state index contributed by atoms with van der Waals surface area (Å²) < 4.78 is 12.4. The SMILES string of the molecule is CN1C[C@@H](N)[C@H](F)C1.